The van der Waals surface area contributed by atoms with Crippen LogP contribution in [0.4, 0.5) is 0 Å². The molecule has 0 fully saturated rings. The molecule has 2 aromatic heterocycles. The fourth-order valence-corrected chi connectivity index (χ4v) is 2.54. The molecule has 0 unspecified atom stereocenters. The van der Waals surface area contributed by atoms with Gasteiger partial charge < -0.3 is 4.74 Å². The van der Waals surface area contributed by atoms with Gasteiger partial charge in [0.2, 0.25) is 4.96 Å². The Bertz CT molecular complexity index is 806. The monoisotopic (exact) mass is 259 g/mol. The first-order valence-corrected chi connectivity index (χ1v) is 6.08. The zero-order valence-electron chi connectivity index (χ0n) is 9.53. The summed E-state index contributed by atoms with van der Waals surface area (Å²) in [5.74, 6) is 0.760. The molecule has 0 saturated heterocycles. The number of hydrogen-bond acceptors (Lipinski definition) is 5. The predicted octanol–water partition coefficient (Wildman–Crippen LogP) is 0.707. The van der Waals surface area contributed by atoms with Crippen molar-refractivity contribution < 1.29 is 4.74 Å². The lowest BCUT2D eigenvalue weighted by Gasteiger charge is -1.99. The number of hydrogen-bond donors (Lipinski definition) is 0. The number of ether oxygens (including phenoxy) is 1. The normalized spacial score (nSPS) is 12.2. The van der Waals surface area contributed by atoms with E-state index in [2.05, 4.69) is 10.1 Å². The van der Waals surface area contributed by atoms with Gasteiger partial charge >= 0.3 is 0 Å². The van der Waals surface area contributed by atoms with Crippen molar-refractivity contribution in [2.75, 3.05) is 7.11 Å². The molecule has 1 aromatic carbocycles. The summed E-state index contributed by atoms with van der Waals surface area (Å²) in [6, 6.07) is 7.53. The summed E-state index contributed by atoms with van der Waals surface area (Å²) in [6.45, 7) is 0. The molecule has 5 nitrogen and oxygen atoms in total. The molecule has 0 amide bonds. The molecular weight excluding hydrogens is 250 g/mol. The van der Waals surface area contributed by atoms with Crippen LogP contribution in [0.5, 0.6) is 5.75 Å². The first kappa shape index (κ1) is 10.9. The topological polar surface area (TPSA) is 56.5 Å². The summed E-state index contributed by atoms with van der Waals surface area (Å²) in [5.41, 5.74) is 0.770. The van der Waals surface area contributed by atoms with Crippen LogP contribution in [0.25, 0.3) is 11.0 Å². The second-order valence-corrected chi connectivity index (χ2v) is 4.66. The summed E-state index contributed by atoms with van der Waals surface area (Å²) in [7, 11) is 1.61. The number of rotatable bonds is 2. The van der Waals surface area contributed by atoms with Gasteiger partial charge in [-0.25, -0.2) is 4.98 Å². The fourth-order valence-electron chi connectivity index (χ4n) is 1.66. The van der Waals surface area contributed by atoms with E-state index in [1.807, 2.05) is 30.3 Å². The number of fused-ring (bicyclic) bond motifs is 1. The summed E-state index contributed by atoms with van der Waals surface area (Å²) in [6.07, 6.45) is 3.19. The third-order valence-corrected chi connectivity index (χ3v) is 3.49. The molecule has 18 heavy (non-hydrogen) atoms. The van der Waals surface area contributed by atoms with Crippen molar-refractivity contribution in [3.63, 3.8) is 0 Å². The Labute approximate surface area is 106 Å². The molecule has 90 valence electrons. The molecule has 0 aliphatic rings. The lowest BCUT2D eigenvalue weighted by atomic mass is 10.2. The van der Waals surface area contributed by atoms with Gasteiger partial charge in [0.1, 0.15) is 12.1 Å². The SMILES string of the molecule is COc1cccc(C=c2sc3ncnn3c2=O)c1. The average Bonchev–Trinajstić information content (AvgIpc) is 2.95. The van der Waals surface area contributed by atoms with Gasteiger partial charge in [0.15, 0.2) is 0 Å². The molecule has 0 bridgehead atoms. The number of aromatic nitrogens is 3. The van der Waals surface area contributed by atoms with E-state index >= 15 is 0 Å². The van der Waals surface area contributed by atoms with Crippen LogP contribution in [0.15, 0.2) is 35.4 Å². The van der Waals surface area contributed by atoms with Crippen molar-refractivity contribution in [3.05, 3.63) is 51.0 Å². The summed E-state index contributed by atoms with van der Waals surface area (Å²) in [4.78, 5) is 16.6. The molecule has 0 aliphatic carbocycles. The van der Waals surface area contributed by atoms with Gasteiger partial charge in [0.25, 0.3) is 5.56 Å². The Kier molecular flexibility index (Phi) is 2.56. The minimum atomic E-state index is -0.143. The molecule has 0 spiro atoms. The van der Waals surface area contributed by atoms with E-state index in [1.165, 1.54) is 22.2 Å². The molecule has 3 rings (SSSR count). The second kappa shape index (κ2) is 4.23. The van der Waals surface area contributed by atoms with Crippen molar-refractivity contribution in [1.82, 2.24) is 14.6 Å². The molecular formula is C12H9N3O2S. The maximum Gasteiger partial charge on any atom is 0.291 e. The number of nitrogens with zero attached hydrogens (tertiary/aromatic N) is 3. The Hall–Kier alpha value is -2.21. The molecule has 0 saturated carbocycles. The Balaban J connectivity index is 2.18. The van der Waals surface area contributed by atoms with Crippen LogP contribution in [0.3, 0.4) is 0 Å². The zero-order valence-corrected chi connectivity index (χ0v) is 10.3. The van der Waals surface area contributed by atoms with Crippen molar-refractivity contribution in [1.29, 1.82) is 0 Å². The smallest absolute Gasteiger partial charge is 0.291 e. The molecule has 0 aliphatic heterocycles. The summed E-state index contributed by atoms with van der Waals surface area (Å²) in [5, 5.41) is 3.87. The van der Waals surface area contributed by atoms with Gasteiger partial charge in [0, 0.05) is 0 Å². The van der Waals surface area contributed by atoms with Crippen LogP contribution >= 0.6 is 11.3 Å². The summed E-state index contributed by atoms with van der Waals surface area (Å²) >= 11 is 1.32. The Morgan fingerprint density at radius 2 is 2.33 bits per heavy atom. The van der Waals surface area contributed by atoms with E-state index in [4.69, 9.17) is 4.74 Å². The first-order chi connectivity index (χ1) is 8.78. The Morgan fingerprint density at radius 3 is 3.11 bits per heavy atom. The van der Waals surface area contributed by atoms with E-state index in [9.17, 15) is 4.79 Å². The second-order valence-electron chi connectivity index (χ2n) is 3.65. The van der Waals surface area contributed by atoms with Crippen LogP contribution in [0.2, 0.25) is 0 Å². The van der Waals surface area contributed by atoms with Crippen LogP contribution in [0, 0.1) is 0 Å². The van der Waals surface area contributed by atoms with Crippen molar-refractivity contribution in [2.24, 2.45) is 0 Å². The highest BCUT2D eigenvalue weighted by Gasteiger charge is 2.04. The summed E-state index contributed by atoms with van der Waals surface area (Å²) < 4.78 is 7.05. The van der Waals surface area contributed by atoms with E-state index in [0.717, 1.165) is 11.3 Å². The van der Waals surface area contributed by atoms with Crippen molar-refractivity contribution in [3.8, 4) is 5.75 Å². The van der Waals surface area contributed by atoms with E-state index in [1.54, 1.807) is 7.11 Å². The van der Waals surface area contributed by atoms with Gasteiger partial charge in [-0.3, -0.25) is 4.79 Å². The molecule has 6 heteroatoms. The number of thiazole rings is 1. The van der Waals surface area contributed by atoms with Gasteiger partial charge in [-0.2, -0.15) is 9.61 Å². The van der Waals surface area contributed by atoms with Crippen molar-refractivity contribution in [2.45, 2.75) is 0 Å². The lowest BCUT2D eigenvalue weighted by Crippen LogP contribution is -2.23. The molecule has 3 aromatic rings. The van der Waals surface area contributed by atoms with E-state index in [-0.39, 0.29) is 5.56 Å². The van der Waals surface area contributed by atoms with Gasteiger partial charge in [-0.1, -0.05) is 23.5 Å². The van der Waals surface area contributed by atoms with Gasteiger partial charge in [0.05, 0.1) is 11.6 Å². The predicted molar refractivity (Wildman–Crippen MR) is 68.9 cm³/mol. The highest BCUT2D eigenvalue weighted by molar-refractivity contribution is 7.15. The Morgan fingerprint density at radius 1 is 1.44 bits per heavy atom. The highest BCUT2D eigenvalue weighted by atomic mass is 32.1. The van der Waals surface area contributed by atoms with Gasteiger partial charge in [-0.05, 0) is 23.8 Å². The third kappa shape index (κ3) is 1.76. The zero-order chi connectivity index (χ0) is 12.5. The van der Waals surface area contributed by atoms with Crippen LogP contribution in [0.1, 0.15) is 5.56 Å². The van der Waals surface area contributed by atoms with Gasteiger partial charge in [-0.15, -0.1) is 0 Å². The highest BCUT2D eigenvalue weighted by Crippen LogP contribution is 2.12. The molecule has 0 N–H and O–H groups in total. The fraction of sp³-hybridized carbons (Fsp3) is 0.0833. The maximum atomic E-state index is 12.0. The first-order valence-electron chi connectivity index (χ1n) is 5.26. The average molecular weight is 259 g/mol. The minimum absolute atomic E-state index is 0.143. The molecule has 0 atom stereocenters. The number of benzene rings is 1. The maximum absolute atomic E-state index is 12.0. The van der Waals surface area contributed by atoms with Crippen LogP contribution < -0.4 is 14.8 Å². The van der Waals surface area contributed by atoms with Crippen LogP contribution in [-0.4, -0.2) is 21.7 Å². The van der Waals surface area contributed by atoms with Crippen molar-refractivity contribution >= 4 is 22.4 Å². The quantitative estimate of drug-likeness (QED) is 0.680. The minimum Gasteiger partial charge on any atom is -0.497 e. The largest absolute Gasteiger partial charge is 0.497 e. The number of methoxy groups -OCH3 is 1. The lowest BCUT2D eigenvalue weighted by molar-refractivity contribution is 0.414. The van der Waals surface area contributed by atoms with Crippen LogP contribution in [-0.2, 0) is 0 Å². The third-order valence-electron chi connectivity index (χ3n) is 2.51. The molecule has 2 heterocycles. The molecule has 0 radical (unpaired) electrons. The van der Waals surface area contributed by atoms with E-state index in [0.29, 0.717) is 9.49 Å². The standard InChI is InChI=1S/C12H9N3O2S/c1-17-9-4-2-3-8(5-9)6-10-11(16)15-12(18-10)13-7-14-15/h2-7H,1H3. The van der Waals surface area contributed by atoms with E-state index < -0.39 is 0 Å².